The van der Waals surface area contributed by atoms with Crippen LogP contribution >= 0.6 is 11.8 Å². The van der Waals surface area contributed by atoms with Crippen molar-refractivity contribution in [1.29, 1.82) is 0 Å². The quantitative estimate of drug-likeness (QED) is 0.763. The maximum atomic E-state index is 11.7. The Morgan fingerprint density at radius 3 is 2.31 bits per heavy atom. The number of hydrogen-bond donors (Lipinski definition) is 1. The fourth-order valence-corrected chi connectivity index (χ4v) is 1.70. The van der Waals surface area contributed by atoms with Gasteiger partial charge in [-0.15, -0.1) is 0 Å². The second-order valence-corrected chi connectivity index (χ2v) is 4.29. The van der Waals surface area contributed by atoms with Gasteiger partial charge in [0.25, 0.3) is 0 Å². The monoisotopic (exact) mass is 215 g/mol. The van der Waals surface area contributed by atoms with E-state index in [-0.39, 0.29) is 29.5 Å². The van der Waals surface area contributed by atoms with Crippen LogP contribution in [0.2, 0.25) is 0 Å². The summed E-state index contributed by atoms with van der Waals surface area (Å²) in [7, 11) is 0. The van der Waals surface area contributed by atoms with Crippen LogP contribution in [0, 0.1) is 5.92 Å². The van der Waals surface area contributed by atoms with Gasteiger partial charge in [0.1, 0.15) is 0 Å². The summed E-state index contributed by atoms with van der Waals surface area (Å²) in [6, 6.07) is 0.0221. The molecule has 0 aliphatic carbocycles. The molecular weight excluding hydrogens is 199 g/mol. The second kappa shape index (κ2) is 5.75. The minimum absolute atomic E-state index is 0.0221. The molecular formula is C8H16F3NS. The molecule has 0 saturated carbocycles. The zero-order chi connectivity index (χ0) is 10.5. The molecule has 0 radical (unpaired) electrons. The van der Waals surface area contributed by atoms with E-state index in [2.05, 4.69) is 0 Å². The van der Waals surface area contributed by atoms with Gasteiger partial charge >= 0.3 is 5.51 Å². The highest BCUT2D eigenvalue weighted by molar-refractivity contribution is 8.00. The maximum Gasteiger partial charge on any atom is 0.441 e. The number of nitrogens with two attached hydrogens (primary N) is 1. The van der Waals surface area contributed by atoms with Crippen LogP contribution in [0.15, 0.2) is 0 Å². The molecule has 0 bridgehead atoms. The van der Waals surface area contributed by atoms with E-state index in [9.17, 15) is 13.2 Å². The van der Waals surface area contributed by atoms with Crippen molar-refractivity contribution in [3.63, 3.8) is 0 Å². The lowest BCUT2D eigenvalue weighted by Crippen LogP contribution is -2.27. The number of hydrogen-bond acceptors (Lipinski definition) is 2. The topological polar surface area (TPSA) is 26.0 Å². The summed E-state index contributed by atoms with van der Waals surface area (Å²) in [6.45, 7) is 3.84. The first kappa shape index (κ1) is 13.1. The standard InChI is InChI=1S/C8H16F3NS/c1-3-7(12)6(2)4-5-13-8(9,10)11/h6-7H,3-5,12H2,1-2H3. The van der Waals surface area contributed by atoms with Crippen LogP contribution in [0.3, 0.4) is 0 Å². The molecule has 0 aromatic rings. The minimum atomic E-state index is -4.10. The molecule has 0 fully saturated rings. The van der Waals surface area contributed by atoms with Crippen LogP contribution in [0.25, 0.3) is 0 Å². The van der Waals surface area contributed by atoms with E-state index in [1.165, 1.54) is 0 Å². The van der Waals surface area contributed by atoms with Gasteiger partial charge in [-0.3, -0.25) is 0 Å². The molecule has 0 saturated heterocycles. The highest BCUT2D eigenvalue weighted by Crippen LogP contribution is 2.31. The summed E-state index contributed by atoms with van der Waals surface area (Å²) in [5.74, 6) is 0.276. The average molecular weight is 215 g/mol. The van der Waals surface area contributed by atoms with Gasteiger partial charge in [-0.1, -0.05) is 25.6 Å². The second-order valence-electron chi connectivity index (χ2n) is 3.13. The van der Waals surface area contributed by atoms with Crippen LogP contribution in [-0.2, 0) is 0 Å². The zero-order valence-corrected chi connectivity index (χ0v) is 8.71. The molecule has 5 heteroatoms. The Hall–Kier alpha value is 0.100. The number of thioether (sulfide) groups is 1. The van der Waals surface area contributed by atoms with Crippen molar-refractivity contribution in [3.05, 3.63) is 0 Å². The third-order valence-corrected chi connectivity index (χ3v) is 2.81. The minimum Gasteiger partial charge on any atom is -0.327 e. The van der Waals surface area contributed by atoms with Crippen molar-refractivity contribution in [1.82, 2.24) is 0 Å². The molecule has 2 atom stereocenters. The van der Waals surface area contributed by atoms with Gasteiger partial charge in [0.15, 0.2) is 0 Å². The van der Waals surface area contributed by atoms with E-state index < -0.39 is 5.51 Å². The molecule has 0 spiro atoms. The highest BCUT2D eigenvalue weighted by Gasteiger charge is 2.28. The number of halogens is 3. The highest BCUT2D eigenvalue weighted by atomic mass is 32.2. The average Bonchev–Trinajstić information content (AvgIpc) is 2.00. The largest absolute Gasteiger partial charge is 0.441 e. The fraction of sp³-hybridized carbons (Fsp3) is 1.00. The van der Waals surface area contributed by atoms with Crippen LogP contribution in [0.1, 0.15) is 26.7 Å². The predicted molar refractivity (Wildman–Crippen MR) is 50.6 cm³/mol. The SMILES string of the molecule is CCC(N)C(C)CCSC(F)(F)F. The lowest BCUT2D eigenvalue weighted by Gasteiger charge is -2.17. The Balaban J connectivity index is 3.53. The third kappa shape index (κ3) is 7.19. The normalized spacial score (nSPS) is 17.1. The fourth-order valence-electron chi connectivity index (χ4n) is 0.977. The molecule has 2 N–H and O–H groups in total. The predicted octanol–water partition coefficient (Wildman–Crippen LogP) is 3.00. The Morgan fingerprint density at radius 2 is 1.92 bits per heavy atom. The van der Waals surface area contributed by atoms with Gasteiger partial charge in [0.2, 0.25) is 0 Å². The van der Waals surface area contributed by atoms with E-state index in [1.54, 1.807) is 0 Å². The third-order valence-electron chi connectivity index (χ3n) is 2.04. The van der Waals surface area contributed by atoms with Crippen molar-refractivity contribution in [2.45, 2.75) is 38.2 Å². The first-order valence-corrected chi connectivity index (χ1v) is 5.31. The lowest BCUT2D eigenvalue weighted by molar-refractivity contribution is -0.0328. The van der Waals surface area contributed by atoms with E-state index in [1.807, 2.05) is 13.8 Å². The summed E-state index contributed by atoms with van der Waals surface area (Å²) in [5, 5.41) is 0. The molecule has 0 rings (SSSR count). The summed E-state index contributed by atoms with van der Waals surface area (Å²) in [4.78, 5) is 0. The first-order valence-electron chi connectivity index (χ1n) is 4.33. The number of alkyl halides is 3. The molecule has 2 unspecified atom stereocenters. The van der Waals surface area contributed by atoms with Crippen LogP contribution in [0.4, 0.5) is 13.2 Å². The summed E-state index contributed by atoms with van der Waals surface area (Å²) in [5.41, 5.74) is 1.57. The molecule has 0 aromatic heterocycles. The van der Waals surface area contributed by atoms with E-state index in [0.29, 0.717) is 6.42 Å². The summed E-state index contributed by atoms with van der Waals surface area (Å²) < 4.78 is 35.2. The molecule has 0 aliphatic rings. The van der Waals surface area contributed by atoms with E-state index in [0.717, 1.165) is 6.42 Å². The Kier molecular flexibility index (Phi) is 5.80. The van der Waals surface area contributed by atoms with E-state index >= 15 is 0 Å². The molecule has 0 amide bonds. The van der Waals surface area contributed by atoms with Crippen LogP contribution in [-0.4, -0.2) is 17.3 Å². The lowest BCUT2D eigenvalue weighted by atomic mass is 9.98. The molecule has 1 nitrogen and oxygen atoms in total. The van der Waals surface area contributed by atoms with Gasteiger partial charge in [0, 0.05) is 11.8 Å². The van der Waals surface area contributed by atoms with Crippen LogP contribution < -0.4 is 5.73 Å². The van der Waals surface area contributed by atoms with Crippen molar-refractivity contribution in [2.24, 2.45) is 11.7 Å². The Bertz CT molecular complexity index is 138. The molecule has 0 aliphatic heterocycles. The van der Waals surface area contributed by atoms with Gasteiger partial charge in [-0.25, -0.2) is 0 Å². The molecule has 80 valence electrons. The van der Waals surface area contributed by atoms with Gasteiger partial charge < -0.3 is 5.73 Å². The Morgan fingerprint density at radius 1 is 1.38 bits per heavy atom. The van der Waals surface area contributed by atoms with Crippen LogP contribution in [0.5, 0.6) is 0 Å². The Labute approximate surface area is 81.3 Å². The van der Waals surface area contributed by atoms with Crippen molar-refractivity contribution in [3.8, 4) is 0 Å². The zero-order valence-electron chi connectivity index (χ0n) is 7.90. The maximum absolute atomic E-state index is 11.7. The number of rotatable bonds is 5. The first-order chi connectivity index (χ1) is 5.87. The van der Waals surface area contributed by atoms with Gasteiger partial charge in [-0.05, 0) is 18.8 Å². The van der Waals surface area contributed by atoms with Crippen molar-refractivity contribution in [2.75, 3.05) is 5.75 Å². The summed E-state index contributed by atoms with van der Waals surface area (Å²) >= 11 is 0.0342. The summed E-state index contributed by atoms with van der Waals surface area (Å²) in [6.07, 6.45) is 1.34. The van der Waals surface area contributed by atoms with Gasteiger partial charge in [-0.2, -0.15) is 13.2 Å². The van der Waals surface area contributed by atoms with Crippen molar-refractivity contribution >= 4 is 11.8 Å². The molecule has 0 aromatic carbocycles. The van der Waals surface area contributed by atoms with E-state index in [4.69, 9.17) is 5.73 Å². The smallest absolute Gasteiger partial charge is 0.327 e. The van der Waals surface area contributed by atoms with Gasteiger partial charge in [0.05, 0.1) is 0 Å². The molecule has 13 heavy (non-hydrogen) atoms. The van der Waals surface area contributed by atoms with Crippen molar-refractivity contribution < 1.29 is 13.2 Å². The molecule has 0 heterocycles.